The number of Topliss-reactive ketones (excluding diaryl/α,β-unsaturated/α-hetero) is 1. The Hall–Kier alpha value is -2.42. The first-order chi connectivity index (χ1) is 13.7. The fourth-order valence-corrected chi connectivity index (χ4v) is 4.67. The first-order valence-electron chi connectivity index (χ1n) is 8.95. The van der Waals surface area contributed by atoms with Crippen molar-refractivity contribution in [1.82, 2.24) is 14.6 Å². The molecule has 0 radical (unpaired) electrons. The molecule has 0 saturated heterocycles. The number of hydrogen-bond donors (Lipinski definition) is 1. The van der Waals surface area contributed by atoms with Crippen LogP contribution in [-0.2, 0) is 0 Å². The minimum Gasteiger partial charge on any atom is -0.491 e. The Morgan fingerprint density at radius 2 is 2.00 bits per heavy atom. The molecule has 0 spiro atoms. The molecule has 0 fully saturated rings. The summed E-state index contributed by atoms with van der Waals surface area (Å²) >= 11 is 3.04. The van der Waals surface area contributed by atoms with Gasteiger partial charge >= 0.3 is 0 Å². The number of fused-ring (bicyclic) bond motifs is 3. The average molecular weight is 414 g/mol. The van der Waals surface area contributed by atoms with Crippen molar-refractivity contribution in [2.45, 2.75) is 24.6 Å². The first kappa shape index (κ1) is 18.9. The zero-order valence-corrected chi connectivity index (χ0v) is 16.9. The molecular formula is C20H19N3O3S2. The number of ketones is 1. The second-order valence-corrected chi connectivity index (χ2v) is 8.24. The number of aliphatic hydroxyl groups is 1. The molecule has 0 amide bonds. The van der Waals surface area contributed by atoms with E-state index in [1.54, 1.807) is 35.6 Å². The number of carbonyl (C=O) groups excluding carboxylic acids is 1. The van der Waals surface area contributed by atoms with Crippen molar-refractivity contribution in [1.29, 1.82) is 0 Å². The molecule has 0 saturated carbocycles. The van der Waals surface area contributed by atoms with E-state index in [0.29, 0.717) is 23.5 Å². The number of ether oxygens (including phenoxy) is 1. The van der Waals surface area contributed by atoms with Crippen LogP contribution >= 0.6 is 23.1 Å². The monoisotopic (exact) mass is 413 g/mol. The molecule has 1 atom stereocenters. The summed E-state index contributed by atoms with van der Waals surface area (Å²) in [6.45, 7) is 2.00. The topological polar surface area (TPSA) is 76.7 Å². The third-order valence-electron chi connectivity index (χ3n) is 4.26. The summed E-state index contributed by atoms with van der Waals surface area (Å²) in [4.78, 5) is 12.5. The van der Waals surface area contributed by atoms with Gasteiger partial charge in [0.25, 0.3) is 0 Å². The van der Waals surface area contributed by atoms with E-state index in [1.165, 1.54) is 11.8 Å². The summed E-state index contributed by atoms with van der Waals surface area (Å²) in [5.74, 6) is 1.17. The molecule has 4 rings (SSSR count). The maximum atomic E-state index is 11.6. The zero-order valence-electron chi connectivity index (χ0n) is 15.2. The molecule has 0 aliphatic heterocycles. The van der Waals surface area contributed by atoms with Gasteiger partial charge in [0, 0.05) is 17.7 Å². The lowest BCUT2D eigenvalue weighted by molar-refractivity contribution is 0.0987. The SMILES string of the molecule is CCC(=O)c1ccc(OC[C@@H](O)CSc2nnc3sc4ccccc4n23)cc1. The highest BCUT2D eigenvalue weighted by molar-refractivity contribution is 7.99. The lowest BCUT2D eigenvalue weighted by atomic mass is 10.1. The first-order valence-corrected chi connectivity index (χ1v) is 10.8. The summed E-state index contributed by atoms with van der Waals surface area (Å²) in [6, 6.07) is 15.1. The van der Waals surface area contributed by atoms with Crippen LogP contribution in [0.4, 0.5) is 0 Å². The quantitative estimate of drug-likeness (QED) is 0.347. The van der Waals surface area contributed by atoms with Crippen LogP contribution in [0.15, 0.2) is 53.7 Å². The standard InChI is InChI=1S/C20H19N3O3S2/c1-2-17(25)13-7-9-15(10-8-13)26-11-14(24)12-27-19-21-22-20-23(19)16-5-3-4-6-18(16)28-20/h3-10,14,24H,2,11-12H2,1H3/t14-/m1/s1. The minimum absolute atomic E-state index is 0.101. The predicted molar refractivity (Wildman–Crippen MR) is 112 cm³/mol. The minimum atomic E-state index is -0.654. The van der Waals surface area contributed by atoms with E-state index >= 15 is 0 Å². The molecule has 8 heteroatoms. The van der Waals surface area contributed by atoms with Gasteiger partial charge in [0.15, 0.2) is 10.9 Å². The number of carbonyl (C=O) groups is 1. The summed E-state index contributed by atoms with van der Waals surface area (Å²) in [5.41, 5.74) is 1.74. The number of nitrogens with zero attached hydrogens (tertiary/aromatic N) is 3. The molecule has 6 nitrogen and oxygen atoms in total. The number of thioether (sulfide) groups is 1. The maximum Gasteiger partial charge on any atom is 0.217 e. The van der Waals surface area contributed by atoms with Gasteiger partial charge in [0.05, 0.1) is 16.3 Å². The van der Waals surface area contributed by atoms with E-state index in [4.69, 9.17) is 4.74 Å². The summed E-state index contributed by atoms with van der Waals surface area (Å²) in [6.07, 6.45) is -0.176. The zero-order chi connectivity index (χ0) is 19.5. The molecular weight excluding hydrogens is 394 g/mol. The lowest BCUT2D eigenvalue weighted by Gasteiger charge is -2.12. The Morgan fingerprint density at radius 3 is 2.79 bits per heavy atom. The highest BCUT2D eigenvalue weighted by atomic mass is 32.2. The summed E-state index contributed by atoms with van der Waals surface area (Å²) in [5, 5.41) is 19.5. The fraction of sp³-hybridized carbons (Fsp3) is 0.250. The molecule has 2 aromatic heterocycles. The molecule has 0 aliphatic carbocycles. The van der Waals surface area contributed by atoms with Crippen LogP contribution < -0.4 is 4.74 Å². The van der Waals surface area contributed by atoms with E-state index in [0.717, 1.165) is 20.3 Å². The van der Waals surface area contributed by atoms with E-state index in [1.807, 2.05) is 29.5 Å². The molecule has 4 aromatic rings. The average Bonchev–Trinajstić information content (AvgIpc) is 3.29. The predicted octanol–water partition coefficient (Wildman–Crippen LogP) is 4.07. The second kappa shape index (κ2) is 8.30. The number of thiazole rings is 1. The Balaban J connectivity index is 1.35. The number of aromatic nitrogens is 3. The largest absolute Gasteiger partial charge is 0.491 e. The van der Waals surface area contributed by atoms with Gasteiger partial charge in [-0.05, 0) is 36.4 Å². The molecule has 0 unspecified atom stereocenters. The van der Waals surface area contributed by atoms with Crippen LogP contribution in [0, 0.1) is 0 Å². The van der Waals surface area contributed by atoms with Crippen molar-refractivity contribution in [3.63, 3.8) is 0 Å². The van der Waals surface area contributed by atoms with Crippen LogP contribution in [0.25, 0.3) is 15.2 Å². The van der Waals surface area contributed by atoms with Crippen molar-refractivity contribution >= 4 is 44.1 Å². The van der Waals surface area contributed by atoms with Gasteiger partial charge < -0.3 is 9.84 Å². The van der Waals surface area contributed by atoms with E-state index in [-0.39, 0.29) is 12.4 Å². The molecule has 2 aromatic carbocycles. The van der Waals surface area contributed by atoms with Crippen LogP contribution in [0.5, 0.6) is 5.75 Å². The normalized spacial score (nSPS) is 12.5. The van der Waals surface area contributed by atoms with Crippen LogP contribution in [0.2, 0.25) is 0 Å². The number of hydrogen-bond acceptors (Lipinski definition) is 7. The number of aliphatic hydroxyl groups excluding tert-OH is 1. The van der Waals surface area contributed by atoms with Gasteiger partial charge in [-0.1, -0.05) is 42.2 Å². The summed E-state index contributed by atoms with van der Waals surface area (Å²) in [7, 11) is 0. The Bertz CT molecular complexity index is 1100. The second-order valence-electron chi connectivity index (χ2n) is 6.25. The van der Waals surface area contributed by atoms with Gasteiger partial charge in [0.2, 0.25) is 4.96 Å². The highest BCUT2D eigenvalue weighted by Gasteiger charge is 2.15. The highest BCUT2D eigenvalue weighted by Crippen LogP contribution is 2.29. The number of benzene rings is 2. The van der Waals surface area contributed by atoms with Gasteiger partial charge in [0.1, 0.15) is 12.4 Å². The van der Waals surface area contributed by atoms with Crippen LogP contribution in [-0.4, -0.2) is 44.0 Å². The van der Waals surface area contributed by atoms with Gasteiger partial charge in [-0.15, -0.1) is 10.2 Å². The van der Waals surface area contributed by atoms with Crippen LogP contribution in [0.3, 0.4) is 0 Å². The smallest absolute Gasteiger partial charge is 0.217 e. The van der Waals surface area contributed by atoms with E-state index in [9.17, 15) is 9.90 Å². The summed E-state index contributed by atoms with van der Waals surface area (Å²) < 4.78 is 8.80. The van der Waals surface area contributed by atoms with Gasteiger partial charge in [-0.3, -0.25) is 9.20 Å². The number of para-hydroxylation sites is 1. The molecule has 144 valence electrons. The molecule has 0 aliphatic rings. The van der Waals surface area contributed by atoms with Crippen molar-refractivity contribution < 1.29 is 14.6 Å². The Morgan fingerprint density at radius 1 is 1.21 bits per heavy atom. The Kier molecular flexibility index (Phi) is 5.61. The van der Waals surface area contributed by atoms with Crippen molar-refractivity contribution in [3.8, 4) is 5.75 Å². The number of rotatable bonds is 8. The molecule has 2 heterocycles. The van der Waals surface area contributed by atoms with Gasteiger partial charge in [-0.2, -0.15) is 0 Å². The molecule has 1 N–H and O–H groups in total. The van der Waals surface area contributed by atoms with E-state index in [2.05, 4.69) is 16.3 Å². The van der Waals surface area contributed by atoms with Gasteiger partial charge in [-0.25, -0.2) is 0 Å². The Labute approximate surface area is 170 Å². The van der Waals surface area contributed by atoms with Crippen molar-refractivity contribution in [2.24, 2.45) is 0 Å². The molecule has 28 heavy (non-hydrogen) atoms. The van der Waals surface area contributed by atoms with Crippen molar-refractivity contribution in [3.05, 3.63) is 54.1 Å². The van der Waals surface area contributed by atoms with E-state index < -0.39 is 6.10 Å². The fourth-order valence-electron chi connectivity index (χ4n) is 2.80. The van der Waals surface area contributed by atoms with Crippen molar-refractivity contribution in [2.75, 3.05) is 12.4 Å². The maximum absolute atomic E-state index is 11.6. The molecule has 0 bridgehead atoms. The lowest BCUT2D eigenvalue weighted by Crippen LogP contribution is -2.20. The third-order valence-corrected chi connectivity index (χ3v) is 6.34. The third kappa shape index (κ3) is 3.89. The van der Waals surface area contributed by atoms with Crippen LogP contribution in [0.1, 0.15) is 23.7 Å².